The summed E-state index contributed by atoms with van der Waals surface area (Å²) >= 11 is 7.59. The number of carbonyl (C=O) groups is 1. The molecule has 2 N–H and O–H groups in total. The second-order valence-electron chi connectivity index (χ2n) is 10.9. The minimum absolute atomic E-state index is 0.0938. The van der Waals surface area contributed by atoms with Gasteiger partial charge in [0.25, 0.3) is 0 Å². The summed E-state index contributed by atoms with van der Waals surface area (Å²) in [6.45, 7) is 5.63. The second-order valence-corrected chi connectivity index (χ2v) is 12.2. The summed E-state index contributed by atoms with van der Waals surface area (Å²) in [5.74, 6) is 0.452. The van der Waals surface area contributed by atoms with E-state index in [2.05, 4.69) is 37.2 Å². The summed E-state index contributed by atoms with van der Waals surface area (Å²) in [5.41, 5.74) is 3.73. The fourth-order valence-electron chi connectivity index (χ4n) is 4.95. The van der Waals surface area contributed by atoms with Gasteiger partial charge >= 0.3 is 0 Å². The predicted octanol–water partition coefficient (Wildman–Crippen LogP) is 6.65. The van der Waals surface area contributed by atoms with Gasteiger partial charge in [0.05, 0.1) is 40.4 Å². The highest BCUT2D eigenvalue weighted by atomic mass is 32.1. The normalized spacial score (nSPS) is 17.1. The number of pyridine rings is 1. The monoisotopic (exact) mass is 582 g/mol. The van der Waals surface area contributed by atoms with E-state index < -0.39 is 5.41 Å². The number of nitrogens with zero attached hydrogens (tertiary/aromatic N) is 4. The number of para-hydroxylation sites is 1. The Bertz CT molecular complexity index is 1710. The zero-order valence-corrected chi connectivity index (χ0v) is 24.8. The van der Waals surface area contributed by atoms with Crippen LogP contribution in [-0.4, -0.2) is 32.7 Å². The van der Waals surface area contributed by atoms with Gasteiger partial charge in [-0.3, -0.25) is 14.3 Å². The molecule has 5 aromatic rings. The number of hydrogen-bond acceptors (Lipinski definition) is 6. The van der Waals surface area contributed by atoms with Gasteiger partial charge in [0.2, 0.25) is 5.91 Å². The van der Waals surface area contributed by atoms with Crippen molar-refractivity contribution >= 4 is 56.2 Å². The number of anilines is 2. The Kier molecular flexibility index (Phi) is 6.96. The quantitative estimate of drug-likeness (QED) is 0.217. The second kappa shape index (κ2) is 10.6. The lowest BCUT2D eigenvalue weighted by Crippen LogP contribution is -2.30. The standard InChI is InChI=1S/C31H30N6O2S2/c1-31(2,3)28(38)33-20-15-14-19(18-24(20)39-4)37-27(26(35-29(37)40)22-11-7-8-16-32-22)23-12-9-17-36(23)30-34-21-10-5-6-13-25(21)41-30/h5-18,26-27H,1-4H3,(H,33,38)(H,35,40)/t26-,27-/m0/s1. The first-order chi connectivity index (χ1) is 19.7. The Balaban J connectivity index is 1.45. The van der Waals surface area contributed by atoms with Crippen molar-refractivity contribution in [3.8, 4) is 10.9 Å². The molecule has 0 saturated carbocycles. The summed E-state index contributed by atoms with van der Waals surface area (Å²) in [6, 6.07) is 23.4. The maximum absolute atomic E-state index is 12.7. The van der Waals surface area contributed by atoms with E-state index >= 15 is 0 Å². The van der Waals surface area contributed by atoms with Crippen LogP contribution in [0.3, 0.4) is 0 Å². The van der Waals surface area contributed by atoms with Crippen LogP contribution in [0.25, 0.3) is 15.3 Å². The van der Waals surface area contributed by atoms with Crippen molar-refractivity contribution in [2.24, 2.45) is 5.41 Å². The molecule has 8 nitrogen and oxygen atoms in total. The van der Waals surface area contributed by atoms with Gasteiger partial charge in [0, 0.05) is 29.6 Å². The number of methoxy groups -OCH3 is 1. The number of nitrogens with one attached hydrogen (secondary N) is 2. The highest BCUT2D eigenvalue weighted by molar-refractivity contribution is 7.80. The van der Waals surface area contributed by atoms with Crippen molar-refractivity contribution in [1.29, 1.82) is 0 Å². The minimum atomic E-state index is -0.544. The number of ether oxygens (including phenoxy) is 1. The average molecular weight is 583 g/mol. The van der Waals surface area contributed by atoms with Crippen molar-refractivity contribution in [2.75, 3.05) is 17.3 Å². The number of thiazole rings is 1. The predicted molar refractivity (Wildman–Crippen MR) is 168 cm³/mol. The van der Waals surface area contributed by atoms with Gasteiger partial charge < -0.3 is 20.3 Å². The molecule has 0 unspecified atom stereocenters. The molecule has 208 valence electrons. The number of amides is 1. The lowest BCUT2D eigenvalue weighted by atomic mass is 9.95. The molecule has 0 bridgehead atoms. The number of carbonyl (C=O) groups excluding carboxylic acids is 1. The van der Waals surface area contributed by atoms with Crippen LogP contribution >= 0.6 is 23.6 Å². The van der Waals surface area contributed by atoms with Gasteiger partial charge in [-0.05, 0) is 60.7 Å². The highest BCUT2D eigenvalue weighted by Crippen LogP contribution is 2.44. The van der Waals surface area contributed by atoms with Crippen LogP contribution in [0.1, 0.15) is 44.2 Å². The molecule has 10 heteroatoms. The first-order valence-electron chi connectivity index (χ1n) is 13.3. The van der Waals surface area contributed by atoms with Crippen molar-refractivity contribution < 1.29 is 9.53 Å². The van der Waals surface area contributed by atoms with E-state index in [1.807, 2.05) is 87.6 Å². The largest absolute Gasteiger partial charge is 0.494 e. The van der Waals surface area contributed by atoms with E-state index in [-0.39, 0.29) is 18.0 Å². The van der Waals surface area contributed by atoms with Crippen LogP contribution in [-0.2, 0) is 4.79 Å². The number of rotatable bonds is 6. The summed E-state index contributed by atoms with van der Waals surface area (Å²) in [4.78, 5) is 24.4. The molecule has 0 radical (unpaired) electrons. The highest BCUT2D eigenvalue weighted by Gasteiger charge is 2.42. The van der Waals surface area contributed by atoms with Gasteiger partial charge in [-0.1, -0.05) is 50.3 Å². The van der Waals surface area contributed by atoms with Crippen LogP contribution in [0.4, 0.5) is 11.4 Å². The Hall–Kier alpha value is -4.28. The van der Waals surface area contributed by atoms with E-state index in [9.17, 15) is 4.79 Å². The molecule has 2 aromatic carbocycles. The van der Waals surface area contributed by atoms with Crippen molar-refractivity contribution in [3.05, 3.63) is 96.6 Å². The van der Waals surface area contributed by atoms with Crippen LogP contribution < -0.4 is 20.3 Å². The van der Waals surface area contributed by atoms with Gasteiger partial charge in [-0.15, -0.1) is 0 Å². The van der Waals surface area contributed by atoms with Crippen LogP contribution in [0, 0.1) is 5.41 Å². The van der Waals surface area contributed by atoms with E-state index in [0.717, 1.165) is 32.4 Å². The molecule has 4 heterocycles. The molecule has 1 aliphatic rings. The summed E-state index contributed by atoms with van der Waals surface area (Å²) in [5, 5.41) is 7.96. The van der Waals surface area contributed by atoms with Crippen LogP contribution in [0.5, 0.6) is 5.75 Å². The SMILES string of the molecule is COc1cc(N2C(=S)N[C@@H](c3ccccn3)[C@@H]2c2cccn2-c2nc3ccccc3s2)ccc1NC(=O)C(C)(C)C. The van der Waals surface area contributed by atoms with E-state index in [1.165, 1.54) is 0 Å². The number of thiocarbonyl (C=S) groups is 1. The summed E-state index contributed by atoms with van der Waals surface area (Å²) in [7, 11) is 1.60. The Morgan fingerprint density at radius 2 is 1.88 bits per heavy atom. The fraction of sp³-hybridized carbons (Fsp3) is 0.226. The Morgan fingerprint density at radius 3 is 2.61 bits per heavy atom. The summed E-state index contributed by atoms with van der Waals surface area (Å²) < 4.78 is 8.98. The molecule has 1 saturated heterocycles. The molecule has 1 fully saturated rings. The molecule has 2 atom stereocenters. The first-order valence-corrected chi connectivity index (χ1v) is 14.5. The van der Waals surface area contributed by atoms with Gasteiger partial charge in [0.1, 0.15) is 11.8 Å². The molecule has 3 aromatic heterocycles. The molecule has 1 amide bonds. The first kappa shape index (κ1) is 26.9. The Morgan fingerprint density at radius 1 is 1.07 bits per heavy atom. The molecule has 0 spiro atoms. The third-order valence-electron chi connectivity index (χ3n) is 7.06. The van der Waals surface area contributed by atoms with Gasteiger partial charge in [-0.25, -0.2) is 4.98 Å². The van der Waals surface area contributed by atoms with Crippen LogP contribution in [0.15, 0.2) is 85.2 Å². The Labute approximate surface area is 248 Å². The smallest absolute Gasteiger partial charge is 0.229 e. The number of benzene rings is 2. The minimum Gasteiger partial charge on any atom is -0.494 e. The number of hydrogen-bond donors (Lipinski definition) is 2. The molecular weight excluding hydrogens is 553 g/mol. The molecule has 41 heavy (non-hydrogen) atoms. The van der Waals surface area contributed by atoms with Gasteiger partial charge in [0.15, 0.2) is 10.2 Å². The van der Waals surface area contributed by atoms with Gasteiger partial charge in [-0.2, -0.15) is 0 Å². The number of fused-ring (bicyclic) bond motifs is 1. The third-order valence-corrected chi connectivity index (χ3v) is 8.41. The van der Waals surface area contributed by atoms with Crippen molar-refractivity contribution in [1.82, 2.24) is 19.9 Å². The van der Waals surface area contributed by atoms with Crippen LogP contribution in [0.2, 0.25) is 0 Å². The molecule has 6 rings (SSSR count). The average Bonchev–Trinajstić information content (AvgIpc) is 3.69. The maximum Gasteiger partial charge on any atom is 0.229 e. The fourth-order valence-corrected chi connectivity index (χ4v) is 6.26. The number of aromatic nitrogens is 3. The zero-order chi connectivity index (χ0) is 28.7. The van der Waals surface area contributed by atoms with E-state index in [0.29, 0.717) is 16.5 Å². The maximum atomic E-state index is 12.7. The lowest BCUT2D eigenvalue weighted by molar-refractivity contribution is -0.123. The molecule has 1 aliphatic heterocycles. The third kappa shape index (κ3) is 5.05. The zero-order valence-electron chi connectivity index (χ0n) is 23.2. The topological polar surface area (TPSA) is 84.3 Å². The van der Waals surface area contributed by atoms with Crippen molar-refractivity contribution in [3.63, 3.8) is 0 Å². The molecule has 0 aliphatic carbocycles. The van der Waals surface area contributed by atoms with E-state index in [1.54, 1.807) is 24.6 Å². The summed E-state index contributed by atoms with van der Waals surface area (Å²) in [6.07, 6.45) is 3.83. The lowest BCUT2D eigenvalue weighted by Gasteiger charge is -2.29. The van der Waals surface area contributed by atoms with E-state index in [4.69, 9.17) is 21.9 Å². The molecular formula is C31H30N6O2S2. The van der Waals surface area contributed by atoms with Crippen molar-refractivity contribution in [2.45, 2.75) is 32.9 Å².